The van der Waals surface area contributed by atoms with Crippen LogP contribution in [0, 0.1) is 0 Å². The fourth-order valence-corrected chi connectivity index (χ4v) is 4.73. The third-order valence-corrected chi connectivity index (χ3v) is 5.44. The molecule has 0 fully saturated rings. The average molecular weight is 199 g/mol. The summed E-state index contributed by atoms with van der Waals surface area (Å²) in [5.41, 5.74) is 0. The van der Waals surface area contributed by atoms with Crippen LogP contribution in [0.1, 0.15) is 0 Å². The minimum absolute atomic E-state index is 1.40. The van der Waals surface area contributed by atoms with Crippen molar-refractivity contribution in [3.63, 3.8) is 0 Å². The fourth-order valence-electron chi connectivity index (χ4n) is 0.980. The Bertz CT molecular complexity index is 364. The molecule has 0 unspecified atom stereocenters. The molecular formula is C8H7S3+. The van der Waals surface area contributed by atoms with Gasteiger partial charge in [0.1, 0.15) is 0 Å². The molecule has 11 heavy (non-hydrogen) atoms. The summed E-state index contributed by atoms with van der Waals surface area (Å²) >= 11 is 1.83. The molecule has 3 heteroatoms. The van der Waals surface area contributed by atoms with E-state index in [-0.39, 0.29) is 0 Å². The van der Waals surface area contributed by atoms with Gasteiger partial charge in [-0.05, 0) is 18.4 Å². The highest BCUT2D eigenvalue weighted by molar-refractivity contribution is 8.02. The van der Waals surface area contributed by atoms with E-state index in [9.17, 15) is 0 Å². The third kappa shape index (κ3) is 1.28. The zero-order valence-corrected chi connectivity index (χ0v) is 8.48. The van der Waals surface area contributed by atoms with Crippen LogP contribution in [0.5, 0.6) is 0 Å². The second-order valence-corrected chi connectivity index (χ2v) is 5.41. The molecule has 1 aromatic heterocycles. The van der Waals surface area contributed by atoms with Crippen molar-refractivity contribution < 1.29 is 0 Å². The van der Waals surface area contributed by atoms with Gasteiger partial charge in [-0.1, -0.05) is 23.9 Å². The first-order chi connectivity index (χ1) is 5.42. The lowest BCUT2D eigenvalue weighted by Gasteiger charge is -1.82. The standard InChI is InChI=1S/C8H7S3/c1-9-8-6-4-2-3-5-7(6)10-11-8/h2-5H,1H3/q+1. The maximum Gasteiger partial charge on any atom is 0.308 e. The van der Waals surface area contributed by atoms with E-state index in [1.807, 2.05) is 32.4 Å². The Balaban J connectivity index is 2.76. The Morgan fingerprint density at radius 1 is 1.36 bits per heavy atom. The van der Waals surface area contributed by atoms with E-state index in [1.165, 1.54) is 14.3 Å². The number of rotatable bonds is 1. The first-order valence-corrected chi connectivity index (χ1v) is 6.64. The molecule has 2 rings (SSSR count). The summed E-state index contributed by atoms with van der Waals surface area (Å²) in [7, 11) is 3.73. The van der Waals surface area contributed by atoms with Crippen LogP contribution < -0.4 is 0 Å². The molecular weight excluding hydrogens is 192 g/mol. The van der Waals surface area contributed by atoms with Crippen LogP contribution in [-0.2, 0) is 0 Å². The Kier molecular flexibility index (Phi) is 2.11. The number of fused-ring (bicyclic) bond motifs is 1. The molecule has 0 spiro atoms. The second kappa shape index (κ2) is 3.09. The molecule has 2 aromatic rings. The molecule has 0 aliphatic rings. The zero-order valence-electron chi connectivity index (χ0n) is 6.03. The van der Waals surface area contributed by atoms with E-state index in [0.29, 0.717) is 0 Å². The molecule has 0 nitrogen and oxygen atoms in total. The predicted octanol–water partition coefficient (Wildman–Crippen LogP) is 3.97. The van der Waals surface area contributed by atoms with Gasteiger partial charge in [0.15, 0.2) is 10.3 Å². The summed E-state index contributed by atoms with van der Waals surface area (Å²) in [6.07, 6.45) is 2.13. The summed E-state index contributed by atoms with van der Waals surface area (Å²) in [6, 6.07) is 8.56. The van der Waals surface area contributed by atoms with Crippen LogP contribution >= 0.6 is 32.4 Å². The van der Waals surface area contributed by atoms with Gasteiger partial charge in [0, 0.05) is 0 Å². The molecule has 0 saturated carbocycles. The van der Waals surface area contributed by atoms with Crippen molar-refractivity contribution in [2.45, 2.75) is 4.21 Å². The van der Waals surface area contributed by atoms with Crippen molar-refractivity contribution in [3.8, 4) is 0 Å². The average Bonchev–Trinajstić information content (AvgIpc) is 2.47. The van der Waals surface area contributed by atoms with Crippen LogP contribution in [-0.4, -0.2) is 6.26 Å². The van der Waals surface area contributed by atoms with Crippen molar-refractivity contribution in [1.82, 2.24) is 0 Å². The minimum atomic E-state index is 1.40. The smallest absolute Gasteiger partial charge is 0.0659 e. The maximum atomic E-state index is 2.19. The van der Waals surface area contributed by atoms with Crippen molar-refractivity contribution >= 4 is 42.5 Å². The lowest BCUT2D eigenvalue weighted by atomic mass is 10.3. The van der Waals surface area contributed by atoms with Gasteiger partial charge in [0.25, 0.3) is 4.21 Å². The molecule has 56 valence electrons. The quantitative estimate of drug-likeness (QED) is 0.380. The van der Waals surface area contributed by atoms with Crippen molar-refractivity contribution in [3.05, 3.63) is 24.3 Å². The monoisotopic (exact) mass is 199 g/mol. The molecule has 1 heterocycles. The SMILES string of the molecule is CSc1[s+]sc2ccccc12. The molecule has 0 bridgehead atoms. The zero-order chi connectivity index (χ0) is 7.68. The first-order valence-electron chi connectivity index (χ1n) is 3.26. The van der Waals surface area contributed by atoms with Crippen LogP contribution in [0.2, 0.25) is 0 Å². The largest absolute Gasteiger partial charge is 0.308 e. The Morgan fingerprint density at radius 2 is 2.18 bits per heavy atom. The molecule has 0 aliphatic carbocycles. The molecule has 0 amide bonds. The van der Waals surface area contributed by atoms with E-state index < -0.39 is 0 Å². The number of benzene rings is 1. The Morgan fingerprint density at radius 3 is 3.00 bits per heavy atom. The van der Waals surface area contributed by atoms with Gasteiger partial charge < -0.3 is 0 Å². The molecule has 1 aromatic carbocycles. The highest BCUT2D eigenvalue weighted by Crippen LogP contribution is 2.36. The van der Waals surface area contributed by atoms with Crippen LogP contribution in [0.4, 0.5) is 0 Å². The molecule has 0 radical (unpaired) electrons. The summed E-state index contributed by atoms with van der Waals surface area (Å²) in [4.78, 5) is 0. The van der Waals surface area contributed by atoms with Gasteiger partial charge in [-0.15, -0.1) is 0 Å². The Hall–Kier alpha value is -0.120. The van der Waals surface area contributed by atoms with E-state index in [0.717, 1.165) is 0 Å². The van der Waals surface area contributed by atoms with Crippen molar-refractivity contribution in [1.29, 1.82) is 0 Å². The van der Waals surface area contributed by atoms with Crippen molar-refractivity contribution in [2.75, 3.05) is 6.26 Å². The second-order valence-electron chi connectivity index (χ2n) is 2.15. The summed E-state index contributed by atoms with van der Waals surface area (Å²) < 4.78 is 2.84. The van der Waals surface area contributed by atoms with E-state index >= 15 is 0 Å². The summed E-state index contributed by atoms with van der Waals surface area (Å²) in [6.45, 7) is 0. The molecule has 0 atom stereocenters. The molecule has 0 aliphatic heterocycles. The highest BCUT2D eigenvalue weighted by atomic mass is 32.9. The third-order valence-electron chi connectivity index (χ3n) is 1.50. The number of hydrogen-bond donors (Lipinski definition) is 0. The van der Waals surface area contributed by atoms with E-state index in [1.54, 1.807) is 0 Å². The van der Waals surface area contributed by atoms with Gasteiger partial charge in [0.2, 0.25) is 0 Å². The molecule has 0 N–H and O–H groups in total. The van der Waals surface area contributed by atoms with Gasteiger partial charge in [-0.25, -0.2) is 0 Å². The predicted molar refractivity (Wildman–Crippen MR) is 55.9 cm³/mol. The Labute approximate surface area is 77.3 Å². The highest BCUT2D eigenvalue weighted by Gasteiger charge is 2.14. The number of hydrogen-bond acceptors (Lipinski definition) is 2. The first kappa shape index (κ1) is 7.53. The van der Waals surface area contributed by atoms with Gasteiger partial charge in [-0.3, -0.25) is 0 Å². The lowest BCUT2D eigenvalue weighted by molar-refractivity contribution is 1.78. The van der Waals surface area contributed by atoms with Gasteiger partial charge >= 0.3 is 10.3 Å². The normalized spacial score (nSPS) is 10.6. The van der Waals surface area contributed by atoms with Gasteiger partial charge in [0.05, 0.1) is 10.1 Å². The van der Waals surface area contributed by atoms with Crippen LogP contribution in [0.3, 0.4) is 0 Å². The number of thioether (sulfide) groups is 1. The van der Waals surface area contributed by atoms with E-state index in [2.05, 4.69) is 30.5 Å². The fraction of sp³-hybridized carbons (Fsp3) is 0.125. The lowest BCUT2D eigenvalue weighted by Crippen LogP contribution is -1.62. The summed E-state index contributed by atoms with van der Waals surface area (Å²) in [5.74, 6) is 0. The van der Waals surface area contributed by atoms with Crippen molar-refractivity contribution in [2.24, 2.45) is 0 Å². The maximum absolute atomic E-state index is 2.19. The van der Waals surface area contributed by atoms with Crippen LogP contribution in [0.25, 0.3) is 10.1 Å². The van der Waals surface area contributed by atoms with Crippen LogP contribution in [0.15, 0.2) is 28.5 Å². The summed E-state index contributed by atoms with van der Waals surface area (Å²) in [5, 5.41) is 1.41. The minimum Gasteiger partial charge on any atom is -0.0659 e. The van der Waals surface area contributed by atoms with Gasteiger partial charge in [-0.2, -0.15) is 0 Å². The topological polar surface area (TPSA) is 0 Å². The molecule has 0 saturated heterocycles. The van der Waals surface area contributed by atoms with E-state index in [4.69, 9.17) is 0 Å².